The molecule has 2 aromatic rings. The Labute approximate surface area is 296 Å². The average Bonchev–Trinajstić information content (AvgIpc) is 3.58. The Bertz CT molecular complexity index is 1410. The molecule has 0 bridgehead atoms. The molecular weight excluding hydrogens is 661 g/mol. The van der Waals surface area contributed by atoms with Crippen molar-refractivity contribution in [2.75, 3.05) is 39.0 Å². The zero-order chi connectivity index (χ0) is 35.4. The number of thiazole rings is 1. The molecule has 49 heavy (non-hydrogen) atoms. The number of nitrogens with zero attached hydrogens (tertiary/aromatic N) is 4. The van der Waals surface area contributed by atoms with E-state index in [2.05, 4.69) is 39.5 Å². The Hall–Kier alpha value is -2.78. The van der Waals surface area contributed by atoms with Crippen molar-refractivity contribution in [3.8, 4) is 0 Å². The molecule has 1 saturated carbocycles. The minimum atomic E-state index is -3.76. The zero-order valence-electron chi connectivity index (χ0n) is 29.3. The van der Waals surface area contributed by atoms with Gasteiger partial charge in [-0.15, -0.1) is 11.3 Å². The number of nitrogens with one attached hydrogen (secondary N) is 3. The molecule has 0 spiro atoms. The number of benzene rings is 1. The molecule has 2 fully saturated rings. The van der Waals surface area contributed by atoms with Gasteiger partial charge in [0.1, 0.15) is 12.1 Å². The molecule has 1 saturated heterocycles. The summed E-state index contributed by atoms with van der Waals surface area (Å²) in [6.45, 7) is 6.14. The zero-order valence-corrected chi connectivity index (χ0v) is 30.9. The van der Waals surface area contributed by atoms with E-state index in [4.69, 9.17) is 11.3 Å². The number of likely N-dealkylation sites (N-methyl/N-ethyl adjacent to an activating group) is 1. The van der Waals surface area contributed by atoms with E-state index in [0.29, 0.717) is 56.6 Å². The van der Waals surface area contributed by atoms with Crippen LogP contribution in [0.2, 0.25) is 0 Å². The molecule has 2 amide bonds. The number of nitrogens with two attached hydrogens (primary N) is 1. The van der Waals surface area contributed by atoms with Gasteiger partial charge in [-0.2, -0.15) is 9.42 Å². The summed E-state index contributed by atoms with van der Waals surface area (Å²) in [5.41, 5.74) is 17.9. The quantitative estimate of drug-likeness (QED) is 0.170. The van der Waals surface area contributed by atoms with Gasteiger partial charge in [0.2, 0.25) is 21.8 Å². The lowest BCUT2D eigenvalue weighted by atomic mass is 9.81. The predicted octanol–water partition coefficient (Wildman–Crippen LogP) is 3.83. The maximum Gasteiger partial charge on any atom is 0.243 e. The molecule has 2 heterocycles. The topological polar surface area (TPSA) is 174 Å². The lowest BCUT2D eigenvalue weighted by Gasteiger charge is -2.34. The van der Waals surface area contributed by atoms with Crippen molar-refractivity contribution in [2.24, 2.45) is 28.6 Å². The Morgan fingerprint density at radius 1 is 1.04 bits per heavy atom. The number of sulfonamides is 1. The Kier molecular flexibility index (Phi) is 15.1. The minimum absolute atomic E-state index is 0.140. The average molecular weight is 717 g/mol. The normalized spacial score (nSPS) is 19.9. The summed E-state index contributed by atoms with van der Waals surface area (Å²) in [6.07, 6.45) is 7.23. The van der Waals surface area contributed by atoms with Gasteiger partial charge in [-0.3, -0.25) is 9.59 Å². The molecule has 5 atom stereocenters. The van der Waals surface area contributed by atoms with Crippen LogP contribution in [-0.4, -0.2) is 97.6 Å². The van der Waals surface area contributed by atoms with Crippen LogP contribution >= 0.6 is 11.3 Å². The lowest BCUT2D eigenvalue weighted by molar-refractivity contribution is -0.131. The number of hydrogen-bond donors (Lipinski definition) is 4. The molecule has 0 unspecified atom stereocenters. The van der Waals surface area contributed by atoms with E-state index in [1.54, 1.807) is 5.51 Å². The van der Waals surface area contributed by atoms with Crippen molar-refractivity contribution in [3.63, 3.8) is 0 Å². The van der Waals surface area contributed by atoms with E-state index in [1.165, 1.54) is 22.1 Å². The molecule has 1 aliphatic heterocycles. The van der Waals surface area contributed by atoms with Crippen LogP contribution in [0.25, 0.3) is 0 Å². The third kappa shape index (κ3) is 12.2. The Morgan fingerprint density at radius 3 is 2.35 bits per heavy atom. The number of carbonyl (C=O) groups is 2. The molecule has 272 valence electrons. The van der Waals surface area contributed by atoms with Gasteiger partial charge in [0.05, 0.1) is 28.9 Å². The van der Waals surface area contributed by atoms with Gasteiger partial charge in [0.15, 0.2) is 0 Å². The summed E-state index contributed by atoms with van der Waals surface area (Å²) in [5.74, 6) is -1.52. The van der Waals surface area contributed by atoms with Crippen molar-refractivity contribution >= 4 is 33.2 Å². The van der Waals surface area contributed by atoms with Gasteiger partial charge in [-0.25, -0.2) is 18.9 Å². The summed E-state index contributed by atoms with van der Waals surface area (Å²) in [7, 11) is -1.80. The molecule has 5 N–H and O–H groups in total. The standard InChI is InChI=1S/C35H56N8O4S2/c1-25(2)18-30(36)33(41-37)31(20-27-12-8-5-9-13-27)39-35(45)32(21-29-22-48-24-38-29)40-34(44)28(19-26-10-6-4-7-11-26)23-49(46,47)43-16-14-42(3)15-17-43/h4,6-7,10-11,22,24-25,27-28,30-33,37H,5,8-9,12-21,23,36H2,1-3H3,(H,39,45)(H,40,44)/t28-,30+,31+,32+,33+/m1/s1. The second-order valence-corrected chi connectivity index (χ2v) is 17.1. The molecule has 12 nitrogen and oxygen atoms in total. The number of hydrogen-bond acceptors (Lipinski definition) is 10. The van der Waals surface area contributed by atoms with Gasteiger partial charge < -0.3 is 21.3 Å². The summed E-state index contributed by atoms with van der Waals surface area (Å²) < 4.78 is 28.8. The van der Waals surface area contributed by atoms with Crippen LogP contribution in [0.5, 0.6) is 0 Å². The van der Waals surface area contributed by atoms with Crippen molar-refractivity contribution in [2.45, 2.75) is 95.8 Å². The summed E-state index contributed by atoms with van der Waals surface area (Å²) in [6, 6.07) is 6.85. The number of amides is 2. The van der Waals surface area contributed by atoms with E-state index in [-0.39, 0.29) is 18.6 Å². The SMILES string of the molecule is CC(C)C[C@H](N)[C@H](N=N)[C@H](CC1CCCCC1)NC(=O)[C@H](Cc1cscn1)NC(=O)[C@H](Cc1ccccc1)CS(=O)(=O)N1CCN(C)CC1. The Morgan fingerprint density at radius 2 is 1.73 bits per heavy atom. The predicted molar refractivity (Wildman–Crippen MR) is 194 cm³/mol. The lowest BCUT2D eigenvalue weighted by Crippen LogP contribution is -2.57. The molecule has 1 aliphatic carbocycles. The number of piperazine rings is 1. The van der Waals surface area contributed by atoms with E-state index < -0.39 is 51.9 Å². The van der Waals surface area contributed by atoms with Crippen molar-refractivity contribution in [1.29, 1.82) is 5.53 Å². The fourth-order valence-electron chi connectivity index (χ4n) is 7.12. The van der Waals surface area contributed by atoms with E-state index in [1.807, 2.05) is 42.8 Å². The summed E-state index contributed by atoms with van der Waals surface area (Å²) in [5, 5.41) is 11.9. The van der Waals surface area contributed by atoms with Crippen LogP contribution in [0, 0.1) is 23.3 Å². The second kappa shape index (κ2) is 19.0. The smallest absolute Gasteiger partial charge is 0.243 e. The van der Waals surface area contributed by atoms with Crippen LogP contribution in [0.15, 0.2) is 46.3 Å². The minimum Gasteiger partial charge on any atom is -0.349 e. The number of rotatable bonds is 18. The van der Waals surface area contributed by atoms with E-state index >= 15 is 0 Å². The molecule has 2 aliphatic rings. The summed E-state index contributed by atoms with van der Waals surface area (Å²) in [4.78, 5) is 34.9. The number of carbonyl (C=O) groups excluding carboxylic acids is 2. The second-order valence-electron chi connectivity index (χ2n) is 14.4. The van der Waals surface area contributed by atoms with Crippen LogP contribution in [0.3, 0.4) is 0 Å². The van der Waals surface area contributed by atoms with Gasteiger partial charge in [0.25, 0.3) is 0 Å². The van der Waals surface area contributed by atoms with Crippen LogP contribution in [0.1, 0.15) is 70.1 Å². The first kappa shape index (κ1) is 39.0. The first-order chi connectivity index (χ1) is 23.4. The highest BCUT2D eigenvalue weighted by Crippen LogP contribution is 2.29. The fourth-order valence-corrected chi connectivity index (χ4v) is 9.39. The van der Waals surface area contributed by atoms with Gasteiger partial charge >= 0.3 is 0 Å². The maximum absolute atomic E-state index is 14.2. The molecule has 1 aromatic carbocycles. The first-order valence-corrected chi connectivity index (χ1v) is 20.3. The van der Waals surface area contributed by atoms with Gasteiger partial charge in [0, 0.05) is 44.0 Å². The van der Waals surface area contributed by atoms with Crippen molar-refractivity contribution in [1.82, 2.24) is 24.8 Å². The summed E-state index contributed by atoms with van der Waals surface area (Å²) >= 11 is 1.40. The first-order valence-electron chi connectivity index (χ1n) is 17.8. The molecule has 1 aromatic heterocycles. The third-order valence-corrected chi connectivity index (χ3v) is 12.5. The molecular formula is C35H56N8O4S2. The maximum atomic E-state index is 14.2. The number of aromatic nitrogens is 1. The molecule has 4 rings (SSSR count). The largest absolute Gasteiger partial charge is 0.349 e. The van der Waals surface area contributed by atoms with Crippen LogP contribution in [0.4, 0.5) is 0 Å². The molecule has 0 radical (unpaired) electrons. The van der Waals surface area contributed by atoms with E-state index in [0.717, 1.165) is 31.2 Å². The monoisotopic (exact) mass is 716 g/mol. The highest BCUT2D eigenvalue weighted by atomic mass is 32.2. The van der Waals surface area contributed by atoms with Crippen LogP contribution in [-0.2, 0) is 32.5 Å². The molecule has 14 heteroatoms. The fraction of sp³-hybridized carbons (Fsp3) is 0.686. The highest BCUT2D eigenvalue weighted by molar-refractivity contribution is 7.89. The highest BCUT2D eigenvalue weighted by Gasteiger charge is 2.36. The Balaban J connectivity index is 1.58. The van der Waals surface area contributed by atoms with Crippen molar-refractivity contribution in [3.05, 3.63) is 52.5 Å². The van der Waals surface area contributed by atoms with Crippen LogP contribution < -0.4 is 16.4 Å². The van der Waals surface area contributed by atoms with E-state index in [9.17, 15) is 18.0 Å². The van der Waals surface area contributed by atoms with Gasteiger partial charge in [-0.1, -0.05) is 76.3 Å². The van der Waals surface area contributed by atoms with Crippen molar-refractivity contribution < 1.29 is 18.0 Å². The third-order valence-electron chi connectivity index (χ3n) is 9.88. The van der Waals surface area contributed by atoms with Gasteiger partial charge in [-0.05, 0) is 43.7 Å².